The van der Waals surface area contributed by atoms with Crippen molar-refractivity contribution in [2.45, 2.75) is 37.6 Å². The zero-order valence-electron chi connectivity index (χ0n) is 16.0. The highest BCUT2D eigenvalue weighted by Crippen LogP contribution is 2.22. The number of fused-ring (bicyclic) bond motifs is 1. The van der Waals surface area contributed by atoms with Gasteiger partial charge in [-0.3, -0.25) is 10.9 Å². The Balaban J connectivity index is 1.34. The molecule has 3 heterocycles. The number of sulfonamides is 1. The number of nitrogens with zero attached hydrogens (tertiary/aromatic N) is 2. The largest absolute Gasteiger partial charge is 0.361 e. The Labute approximate surface area is 161 Å². The van der Waals surface area contributed by atoms with E-state index in [1.807, 2.05) is 19.9 Å². The van der Waals surface area contributed by atoms with Crippen LogP contribution in [0.2, 0.25) is 0 Å². The fourth-order valence-corrected chi connectivity index (χ4v) is 6.56. The van der Waals surface area contributed by atoms with Crippen LogP contribution in [-0.4, -0.2) is 72.7 Å². The fraction of sp³-hybridized carbons (Fsp3) is 0.579. The smallest absolute Gasteiger partial charge is 0.220 e. The number of rotatable bonds is 5. The maximum absolute atomic E-state index is 13.0. The Morgan fingerprint density at radius 1 is 1.04 bits per heavy atom. The minimum Gasteiger partial charge on any atom is -0.361 e. The molecular formula is C19H29N5O2S. The number of hydrogen-bond acceptors (Lipinski definition) is 5. The van der Waals surface area contributed by atoms with E-state index in [1.165, 1.54) is 16.5 Å². The van der Waals surface area contributed by atoms with Gasteiger partial charge in [-0.25, -0.2) is 8.42 Å². The Hall–Kier alpha value is -1.45. The molecule has 0 spiro atoms. The normalized spacial score (nSPS) is 28.1. The fourth-order valence-electron chi connectivity index (χ4n) is 4.37. The highest BCUT2D eigenvalue weighted by Gasteiger charge is 2.43. The Morgan fingerprint density at radius 3 is 2.41 bits per heavy atom. The molecule has 2 aliphatic rings. The van der Waals surface area contributed by atoms with Crippen LogP contribution in [0.1, 0.15) is 19.4 Å². The van der Waals surface area contributed by atoms with Gasteiger partial charge in [0.05, 0.1) is 0 Å². The molecule has 2 aromatic rings. The SMILES string of the molecule is CC1NNC(C)C1S(=O)(=O)N1CCN(CCc2c[nH]c3ccccc23)CC1. The van der Waals surface area contributed by atoms with Gasteiger partial charge in [0.25, 0.3) is 0 Å². The van der Waals surface area contributed by atoms with Crippen molar-refractivity contribution in [3.8, 4) is 0 Å². The van der Waals surface area contributed by atoms with Crippen LogP contribution in [0.5, 0.6) is 0 Å². The molecule has 4 rings (SSSR count). The van der Waals surface area contributed by atoms with Crippen molar-refractivity contribution in [1.82, 2.24) is 25.0 Å². The van der Waals surface area contributed by atoms with Crippen LogP contribution in [0.4, 0.5) is 0 Å². The van der Waals surface area contributed by atoms with E-state index >= 15 is 0 Å². The average molecular weight is 392 g/mol. The second kappa shape index (κ2) is 7.52. The van der Waals surface area contributed by atoms with Crippen LogP contribution < -0.4 is 10.9 Å². The van der Waals surface area contributed by atoms with E-state index in [0.717, 1.165) is 26.1 Å². The zero-order valence-corrected chi connectivity index (χ0v) is 16.8. The van der Waals surface area contributed by atoms with Gasteiger partial charge >= 0.3 is 0 Å². The number of piperazine rings is 1. The van der Waals surface area contributed by atoms with E-state index in [9.17, 15) is 8.42 Å². The van der Waals surface area contributed by atoms with Crippen molar-refractivity contribution >= 4 is 20.9 Å². The molecule has 3 N–H and O–H groups in total. The summed E-state index contributed by atoms with van der Waals surface area (Å²) in [6.45, 7) is 7.54. The molecule has 2 unspecified atom stereocenters. The van der Waals surface area contributed by atoms with Gasteiger partial charge in [-0.15, -0.1) is 0 Å². The first-order valence-electron chi connectivity index (χ1n) is 9.74. The molecule has 0 radical (unpaired) electrons. The van der Waals surface area contributed by atoms with Gasteiger partial charge in [0.1, 0.15) is 5.25 Å². The molecule has 2 fully saturated rings. The van der Waals surface area contributed by atoms with Crippen molar-refractivity contribution in [1.29, 1.82) is 0 Å². The Bertz CT molecular complexity index is 878. The van der Waals surface area contributed by atoms with Crippen molar-refractivity contribution in [2.24, 2.45) is 0 Å². The van der Waals surface area contributed by atoms with Gasteiger partial charge in [-0.1, -0.05) is 18.2 Å². The quantitative estimate of drug-likeness (QED) is 0.706. The second-order valence-corrected chi connectivity index (χ2v) is 9.82. The van der Waals surface area contributed by atoms with Crippen LogP contribution >= 0.6 is 0 Å². The number of nitrogens with one attached hydrogen (secondary N) is 3. The van der Waals surface area contributed by atoms with E-state index in [2.05, 4.69) is 45.1 Å². The third kappa shape index (κ3) is 3.64. The van der Waals surface area contributed by atoms with Gasteiger partial charge in [-0.05, 0) is 31.9 Å². The Morgan fingerprint density at radius 2 is 1.70 bits per heavy atom. The molecule has 0 aliphatic carbocycles. The first-order valence-corrected chi connectivity index (χ1v) is 11.2. The summed E-state index contributed by atoms with van der Waals surface area (Å²) in [5, 5.41) is 0.873. The molecule has 1 aromatic carbocycles. The van der Waals surface area contributed by atoms with Crippen molar-refractivity contribution in [3.05, 3.63) is 36.0 Å². The van der Waals surface area contributed by atoms with E-state index in [-0.39, 0.29) is 12.1 Å². The molecule has 1 aromatic heterocycles. The summed E-state index contributed by atoms with van der Waals surface area (Å²) < 4.78 is 27.7. The molecule has 2 atom stereocenters. The standard InChI is InChI=1S/C19H29N5O2S/c1-14-19(15(2)22-21-14)27(25,26)24-11-9-23(10-12-24)8-7-16-13-20-18-6-4-3-5-17(16)18/h3-6,13-15,19-22H,7-12H2,1-2H3. The first-order chi connectivity index (χ1) is 13.0. The van der Waals surface area contributed by atoms with Crippen LogP contribution in [0.25, 0.3) is 10.9 Å². The lowest BCUT2D eigenvalue weighted by Crippen LogP contribution is -2.54. The predicted octanol–water partition coefficient (Wildman–Crippen LogP) is 0.911. The summed E-state index contributed by atoms with van der Waals surface area (Å²) in [6.07, 6.45) is 3.07. The number of para-hydroxylation sites is 1. The summed E-state index contributed by atoms with van der Waals surface area (Å²) in [4.78, 5) is 5.69. The third-order valence-corrected chi connectivity index (χ3v) is 8.52. The molecule has 0 saturated carbocycles. The molecule has 7 nitrogen and oxygen atoms in total. The lowest BCUT2D eigenvalue weighted by atomic mass is 10.1. The minimum absolute atomic E-state index is 0.0788. The van der Waals surface area contributed by atoms with Crippen molar-refractivity contribution in [3.63, 3.8) is 0 Å². The summed E-state index contributed by atoms with van der Waals surface area (Å²) in [5.74, 6) is 0. The molecule has 0 bridgehead atoms. The van der Waals surface area contributed by atoms with Gasteiger partial charge < -0.3 is 9.88 Å². The van der Waals surface area contributed by atoms with E-state index in [4.69, 9.17) is 0 Å². The summed E-state index contributed by atoms with van der Waals surface area (Å²) in [6, 6.07) is 8.20. The molecule has 2 saturated heterocycles. The zero-order chi connectivity index (χ0) is 19.0. The monoisotopic (exact) mass is 391 g/mol. The van der Waals surface area contributed by atoms with Crippen LogP contribution in [0.3, 0.4) is 0 Å². The maximum Gasteiger partial charge on any atom is 0.220 e. The van der Waals surface area contributed by atoms with Gasteiger partial charge in [0, 0.05) is 61.9 Å². The van der Waals surface area contributed by atoms with Gasteiger partial charge in [-0.2, -0.15) is 4.31 Å². The Kier molecular flexibility index (Phi) is 5.26. The second-order valence-electron chi connectivity index (χ2n) is 7.73. The van der Waals surface area contributed by atoms with Crippen molar-refractivity contribution in [2.75, 3.05) is 32.7 Å². The number of hydrogen-bond donors (Lipinski definition) is 3. The summed E-state index contributed by atoms with van der Waals surface area (Å²) in [7, 11) is -3.29. The van der Waals surface area contributed by atoms with Crippen LogP contribution in [0, 0.1) is 0 Å². The van der Waals surface area contributed by atoms with Gasteiger partial charge in [0.15, 0.2) is 0 Å². The molecule has 2 aliphatic heterocycles. The van der Waals surface area contributed by atoms with E-state index < -0.39 is 15.3 Å². The van der Waals surface area contributed by atoms with Crippen LogP contribution in [-0.2, 0) is 16.4 Å². The third-order valence-electron chi connectivity index (χ3n) is 5.93. The summed E-state index contributed by atoms with van der Waals surface area (Å²) in [5.41, 5.74) is 8.61. The predicted molar refractivity (Wildman–Crippen MR) is 108 cm³/mol. The molecular weight excluding hydrogens is 362 g/mol. The van der Waals surface area contributed by atoms with Gasteiger partial charge in [0.2, 0.25) is 10.0 Å². The number of hydrazine groups is 1. The van der Waals surface area contributed by atoms with E-state index in [0.29, 0.717) is 13.1 Å². The highest BCUT2D eigenvalue weighted by molar-refractivity contribution is 7.89. The average Bonchev–Trinajstić information content (AvgIpc) is 3.23. The summed E-state index contributed by atoms with van der Waals surface area (Å²) >= 11 is 0. The maximum atomic E-state index is 13.0. The first kappa shape index (κ1) is 18.9. The molecule has 27 heavy (non-hydrogen) atoms. The minimum atomic E-state index is -3.29. The molecule has 8 heteroatoms. The van der Waals surface area contributed by atoms with E-state index in [1.54, 1.807) is 4.31 Å². The number of H-pyrrole nitrogens is 1. The number of aromatic amines is 1. The topological polar surface area (TPSA) is 80.5 Å². The van der Waals surface area contributed by atoms with Crippen LogP contribution in [0.15, 0.2) is 30.5 Å². The molecule has 0 amide bonds. The highest BCUT2D eigenvalue weighted by atomic mass is 32.2. The van der Waals surface area contributed by atoms with Crippen molar-refractivity contribution < 1.29 is 8.42 Å². The lowest BCUT2D eigenvalue weighted by molar-refractivity contribution is 0.189. The molecule has 148 valence electrons. The number of benzene rings is 1. The lowest BCUT2D eigenvalue weighted by Gasteiger charge is -2.36. The number of aromatic nitrogens is 1.